The average Bonchev–Trinajstić information content (AvgIpc) is 2.80. The zero-order valence-corrected chi connectivity index (χ0v) is 11.7. The van der Waals surface area contributed by atoms with Crippen LogP contribution in [-0.4, -0.2) is 11.5 Å². The first kappa shape index (κ1) is 12.9. The van der Waals surface area contributed by atoms with Crippen LogP contribution in [-0.2, 0) is 6.54 Å². The summed E-state index contributed by atoms with van der Waals surface area (Å²) in [4.78, 5) is 4.52. The molecule has 0 aliphatic carbocycles. The Labute approximate surface area is 112 Å². The first-order chi connectivity index (χ1) is 8.79. The van der Waals surface area contributed by atoms with Crippen LogP contribution in [0, 0.1) is 6.92 Å². The SMILES string of the molecule is CCCNc1cccc(NCc2cscc2C)n1. The van der Waals surface area contributed by atoms with Crippen LogP contribution in [0.3, 0.4) is 0 Å². The number of thiophene rings is 1. The molecule has 96 valence electrons. The molecule has 4 heteroatoms. The molecule has 0 bridgehead atoms. The first-order valence-corrected chi connectivity index (χ1v) is 7.20. The van der Waals surface area contributed by atoms with Crippen molar-refractivity contribution in [2.45, 2.75) is 26.8 Å². The molecule has 2 heterocycles. The van der Waals surface area contributed by atoms with Crippen LogP contribution >= 0.6 is 11.3 Å². The molecule has 2 rings (SSSR count). The highest BCUT2D eigenvalue weighted by Gasteiger charge is 2.00. The minimum absolute atomic E-state index is 0.833. The van der Waals surface area contributed by atoms with Crippen LogP contribution in [0.5, 0.6) is 0 Å². The van der Waals surface area contributed by atoms with Gasteiger partial charge in [-0.25, -0.2) is 4.98 Å². The third kappa shape index (κ3) is 3.47. The summed E-state index contributed by atoms with van der Waals surface area (Å²) in [6.45, 7) is 6.08. The molecule has 0 saturated heterocycles. The number of anilines is 2. The standard InChI is InChI=1S/C14H19N3S/c1-3-7-15-13-5-4-6-14(17-13)16-8-12-10-18-9-11(12)2/h4-6,9-10H,3,7-8H2,1-2H3,(H2,15,16,17). The Balaban J connectivity index is 1.95. The van der Waals surface area contributed by atoms with Crippen molar-refractivity contribution in [2.75, 3.05) is 17.2 Å². The number of pyridine rings is 1. The lowest BCUT2D eigenvalue weighted by atomic mass is 10.2. The third-order valence-electron chi connectivity index (χ3n) is 2.73. The second-order valence-electron chi connectivity index (χ2n) is 4.27. The largest absolute Gasteiger partial charge is 0.370 e. The Kier molecular flexibility index (Phi) is 4.59. The summed E-state index contributed by atoms with van der Waals surface area (Å²) in [7, 11) is 0. The van der Waals surface area contributed by atoms with Crippen molar-refractivity contribution >= 4 is 23.0 Å². The predicted molar refractivity (Wildman–Crippen MR) is 79.4 cm³/mol. The number of rotatable bonds is 6. The fourth-order valence-electron chi connectivity index (χ4n) is 1.64. The van der Waals surface area contributed by atoms with E-state index >= 15 is 0 Å². The van der Waals surface area contributed by atoms with Gasteiger partial charge in [0.2, 0.25) is 0 Å². The van der Waals surface area contributed by atoms with Gasteiger partial charge < -0.3 is 10.6 Å². The second-order valence-corrected chi connectivity index (χ2v) is 5.01. The summed E-state index contributed by atoms with van der Waals surface area (Å²) in [5.41, 5.74) is 2.68. The molecule has 0 saturated carbocycles. The third-order valence-corrected chi connectivity index (χ3v) is 3.64. The molecule has 0 fully saturated rings. The number of aryl methyl sites for hydroxylation is 1. The summed E-state index contributed by atoms with van der Waals surface area (Å²) in [5.74, 6) is 1.85. The highest BCUT2D eigenvalue weighted by atomic mass is 32.1. The number of hydrogen-bond acceptors (Lipinski definition) is 4. The molecule has 0 amide bonds. The second kappa shape index (κ2) is 6.40. The fraction of sp³-hybridized carbons (Fsp3) is 0.357. The van der Waals surface area contributed by atoms with Gasteiger partial charge in [0.1, 0.15) is 11.6 Å². The zero-order valence-electron chi connectivity index (χ0n) is 10.9. The molecule has 2 N–H and O–H groups in total. The lowest BCUT2D eigenvalue weighted by Crippen LogP contribution is -2.05. The van der Waals surface area contributed by atoms with Crippen molar-refractivity contribution in [1.82, 2.24) is 4.98 Å². The lowest BCUT2D eigenvalue weighted by molar-refractivity contribution is 0.968. The van der Waals surface area contributed by atoms with Crippen LogP contribution in [0.1, 0.15) is 24.5 Å². The monoisotopic (exact) mass is 261 g/mol. The summed E-state index contributed by atoms with van der Waals surface area (Å²) in [6, 6.07) is 6.02. The quantitative estimate of drug-likeness (QED) is 0.828. The highest BCUT2D eigenvalue weighted by Crippen LogP contribution is 2.16. The molecule has 18 heavy (non-hydrogen) atoms. The van der Waals surface area contributed by atoms with E-state index in [1.54, 1.807) is 11.3 Å². The summed E-state index contributed by atoms with van der Waals surface area (Å²) in [6.07, 6.45) is 1.10. The molecule has 0 aromatic carbocycles. The van der Waals surface area contributed by atoms with E-state index in [9.17, 15) is 0 Å². The maximum Gasteiger partial charge on any atom is 0.128 e. The fourth-order valence-corrected chi connectivity index (χ4v) is 2.50. The molecule has 0 radical (unpaired) electrons. The molecular formula is C14H19N3S. The van der Waals surface area contributed by atoms with E-state index in [0.29, 0.717) is 0 Å². The Morgan fingerprint density at radius 2 is 1.94 bits per heavy atom. The highest BCUT2D eigenvalue weighted by molar-refractivity contribution is 7.08. The van der Waals surface area contributed by atoms with Gasteiger partial charge in [-0.3, -0.25) is 0 Å². The minimum atomic E-state index is 0.833. The van der Waals surface area contributed by atoms with Gasteiger partial charge in [-0.1, -0.05) is 13.0 Å². The van der Waals surface area contributed by atoms with Gasteiger partial charge in [-0.05, 0) is 47.4 Å². The van der Waals surface area contributed by atoms with Gasteiger partial charge in [-0.2, -0.15) is 11.3 Å². The van der Waals surface area contributed by atoms with Crippen molar-refractivity contribution in [3.05, 3.63) is 40.1 Å². The van der Waals surface area contributed by atoms with E-state index in [-0.39, 0.29) is 0 Å². The molecule has 2 aromatic heterocycles. The number of hydrogen-bond donors (Lipinski definition) is 2. The van der Waals surface area contributed by atoms with Crippen molar-refractivity contribution in [3.8, 4) is 0 Å². The van der Waals surface area contributed by atoms with Gasteiger partial charge >= 0.3 is 0 Å². The zero-order chi connectivity index (χ0) is 12.8. The Morgan fingerprint density at radius 3 is 2.61 bits per heavy atom. The number of aromatic nitrogens is 1. The Morgan fingerprint density at radius 1 is 1.17 bits per heavy atom. The molecule has 0 spiro atoms. The van der Waals surface area contributed by atoms with E-state index in [1.807, 2.05) is 18.2 Å². The van der Waals surface area contributed by atoms with Crippen molar-refractivity contribution < 1.29 is 0 Å². The lowest BCUT2D eigenvalue weighted by Gasteiger charge is -2.08. The first-order valence-electron chi connectivity index (χ1n) is 6.26. The van der Waals surface area contributed by atoms with Crippen LogP contribution in [0.4, 0.5) is 11.6 Å². The average molecular weight is 261 g/mol. The smallest absolute Gasteiger partial charge is 0.128 e. The number of nitrogens with one attached hydrogen (secondary N) is 2. The van der Waals surface area contributed by atoms with Crippen LogP contribution in [0.25, 0.3) is 0 Å². The van der Waals surface area contributed by atoms with E-state index in [1.165, 1.54) is 11.1 Å². The minimum Gasteiger partial charge on any atom is -0.370 e. The van der Waals surface area contributed by atoms with Gasteiger partial charge in [0.25, 0.3) is 0 Å². The molecular weight excluding hydrogens is 242 g/mol. The van der Waals surface area contributed by atoms with Gasteiger partial charge in [0.05, 0.1) is 0 Å². The van der Waals surface area contributed by atoms with Crippen LogP contribution in [0.15, 0.2) is 29.0 Å². The predicted octanol–water partition coefficient (Wildman–Crippen LogP) is 3.89. The molecule has 0 aliphatic heterocycles. The molecule has 0 aliphatic rings. The summed E-state index contributed by atoms with van der Waals surface area (Å²) >= 11 is 1.74. The van der Waals surface area contributed by atoms with E-state index in [2.05, 4.69) is 40.2 Å². The summed E-state index contributed by atoms with van der Waals surface area (Å²) < 4.78 is 0. The van der Waals surface area contributed by atoms with Gasteiger partial charge in [0, 0.05) is 13.1 Å². The van der Waals surface area contributed by atoms with E-state index in [4.69, 9.17) is 0 Å². The molecule has 3 nitrogen and oxygen atoms in total. The van der Waals surface area contributed by atoms with E-state index < -0.39 is 0 Å². The van der Waals surface area contributed by atoms with E-state index in [0.717, 1.165) is 31.1 Å². The summed E-state index contributed by atoms with van der Waals surface area (Å²) in [5, 5.41) is 11.0. The van der Waals surface area contributed by atoms with Gasteiger partial charge in [-0.15, -0.1) is 0 Å². The maximum atomic E-state index is 4.52. The maximum absolute atomic E-state index is 4.52. The number of nitrogens with zero attached hydrogens (tertiary/aromatic N) is 1. The molecule has 2 aromatic rings. The Hall–Kier alpha value is -1.55. The van der Waals surface area contributed by atoms with Crippen molar-refractivity contribution in [1.29, 1.82) is 0 Å². The van der Waals surface area contributed by atoms with Crippen molar-refractivity contribution in [2.24, 2.45) is 0 Å². The normalized spacial score (nSPS) is 10.3. The topological polar surface area (TPSA) is 37.0 Å². The van der Waals surface area contributed by atoms with Crippen LogP contribution < -0.4 is 10.6 Å². The molecule has 0 atom stereocenters. The van der Waals surface area contributed by atoms with Crippen LogP contribution in [0.2, 0.25) is 0 Å². The Bertz CT molecular complexity index is 493. The van der Waals surface area contributed by atoms with Gasteiger partial charge in [0.15, 0.2) is 0 Å². The van der Waals surface area contributed by atoms with Crippen molar-refractivity contribution in [3.63, 3.8) is 0 Å². The molecule has 0 unspecified atom stereocenters.